The number of rotatable bonds is 3. The Morgan fingerprint density at radius 1 is 0.739 bits per heavy atom. The van der Waals surface area contributed by atoms with Crippen molar-refractivity contribution >= 4 is 75.4 Å². The fourth-order valence-corrected chi connectivity index (χ4v) is 9.01. The Morgan fingerprint density at radius 2 is 1.61 bits per heavy atom. The minimum Gasteiger partial charge on any atom is -0.452 e. The van der Waals surface area contributed by atoms with Gasteiger partial charge in [0.15, 0.2) is 5.58 Å². The molecule has 0 fully saturated rings. The smallest absolute Gasteiger partial charge is 0.180 e. The number of aromatic nitrogens is 3. The Labute approximate surface area is 269 Å². The lowest BCUT2D eigenvalue weighted by molar-refractivity contribution is 0.449. The predicted octanol–water partition coefficient (Wildman–Crippen LogP) is 11.6. The van der Waals surface area contributed by atoms with Crippen molar-refractivity contribution in [2.75, 3.05) is 0 Å². The molecule has 5 aromatic carbocycles. The van der Waals surface area contributed by atoms with Gasteiger partial charge in [-0.1, -0.05) is 79.7 Å². The molecule has 220 valence electrons. The Balaban J connectivity index is 1.16. The quantitative estimate of drug-likeness (QED) is 0.187. The second-order valence-electron chi connectivity index (χ2n) is 12.6. The van der Waals surface area contributed by atoms with Crippen molar-refractivity contribution in [3.63, 3.8) is 0 Å². The highest BCUT2D eigenvalue weighted by Crippen LogP contribution is 2.44. The summed E-state index contributed by atoms with van der Waals surface area (Å²) in [4.78, 5) is 9.53. The lowest BCUT2D eigenvalue weighted by Gasteiger charge is -2.25. The molecular weight excluding hydrogens is 583 g/mol. The summed E-state index contributed by atoms with van der Waals surface area (Å²) in [6.45, 7) is 2.35. The van der Waals surface area contributed by atoms with Crippen LogP contribution in [0.5, 0.6) is 0 Å². The van der Waals surface area contributed by atoms with Crippen molar-refractivity contribution < 1.29 is 4.42 Å². The maximum Gasteiger partial charge on any atom is 0.180 e. The molecule has 2 unspecified atom stereocenters. The summed E-state index contributed by atoms with van der Waals surface area (Å²) in [5.41, 5.74) is 9.11. The zero-order valence-electron chi connectivity index (χ0n) is 25.3. The lowest BCUT2D eigenvalue weighted by atomic mass is 9.79. The highest BCUT2D eigenvalue weighted by atomic mass is 32.1. The van der Waals surface area contributed by atoms with Crippen molar-refractivity contribution in [1.82, 2.24) is 14.5 Å². The average molecular weight is 612 g/mol. The number of fused-ring (bicyclic) bond motifs is 10. The molecule has 4 nitrogen and oxygen atoms in total. The second kappa shape index (κ2) is 9.87. The highest BCUT2D eigenvalue weighted by molar-refractivity contribution is 7.26. The molecule has 9 aromatic rings. The third-order valence-corrected chi connectivity index (χ3v) is 11.2. The Bertz CT molecular complexity index is 2690. The zero-order valence-corrected chi connectivity index (χ0v) is 26.1. The van der Waals surface area contributed by atoms with Crippen molar-refractivity contribution in [3.8, 4) is 16.9 Å². The molecule has 10 rings (SSSR count). The lowest BCUT2D eigenvalue weighted by Crippen LogP contribution is -2.11. The summed E-state index contributed by atoms with van der Waals surface area (Å²) in [7, 11) is 0. The van der Waals surface area contributed by atoms with Gasteiger partial charge in [-0.3, -0.25) is 0 Å². The van der Waals surface area contributed by atoms with Gasteiger partial charge in [-0.2, -0.15) is 0 Å². The molecule has 1 aliphatic rings. The van der Waals surface area contributed by atoms with Crippen molar-refractivity contribution in [1.29, 1.82) is 0 Å². The standard InChI is InChI=1S/C41H29N3OS/c1-24-9-2-3-12-28(24)25-17-20-35-32(22-25)39-40(45-35)38(42-23-43-39)26-10-8-11-27(21-26)44-33-15-6-4-14-31(33)37-34(44)19-18-30-29-13-5-7-16-36(29)46-41(30)37/h2-8,10-11,13-24,28H,9,12H2,1H3. The molecule has 0 N–H and O–H groups in total. The van der Waals surface area contributed by atoms with E-state index >= 15 is 0 Å². The van der Waals surface area contributed by atoms with Crippen LogP contribution in [0.25, 0.3) is 81.0 Å². The monoisotopic (exact) mass is 611 g/mol. The van der Waals surface area contributed by atoms with Crippen LogP contribution >= 0.6 is 11.3 Å². The average Bonchev–Trinajstić information content (AvgIpc) is 3.77. The van der Waals surface area contributed by atoms with E-state index in [0.29, 0.717) is 11.8 Å². The Kier molecular flexibility index (Phi) is 5.58. The second-order valence-corrected chi connectivity index (χ2v) is 13.7. The Hall–Kier alpha value is -5.26. The number of hydrogen-bond donors (Lipinski definition) is 0. The van der Waals surface area contributed by atoms with E-state index in [1.165, 1.54) is 47.5 Å². The number of hydrogen-bond acceptors (Lipinski definition) is 4. The van der Waals surface area contributed by atoms with Gasteiger partial charge in [-0.25, -0.2) is 9.97 Å². The van der Waals surface area contributed by atoms with Gasteiger partial charge in [-0.05, 0) is 72.7 Å². The zero-order chi connectivity index (χ0) is 30.4. The largest absolute Gasteiger partial charge is 0.452 e. The molecule has 0 aliphatic heterocycles. The summed E-state index contributed by atoms with van der Waals surface area (Å²) in [6.07, 6.45) is 8.50. The summed E-state index contributed by atoms with van der Waals surface area (Å²) in [6, 6.07) is 37.4. The third kappa shape index (κ3) is 3.72. The van der Waals surface area contributed by atoms with Gasteiger partial charge in [0.05, 0.1) is 11.0 Å². The van der Waals surface area contributed by atoms with Gasteiger partial charge in [0.1, 0.15) is 23.1 Å². The molecule has 4 aromatic heterocycles. The van der Waals surface area contributed by atoms with Crippen molar-refractivity contribution in [3.05, 3.63) is 127 Å². The molecule has 0 amide bonds. The van der Waals surface area contributed by atoms with E-state index in [1.54, 1.807) is 6.33 Å². The summed E-state index contributed by atoms with van der Waals surface area (Å²) in [5, 5.41) is 6.26. The van der Waals surface area contributed by atoms with Crippen LogP contribution in [0.15, 0.2) is 126 Å². The molecule has 46 heavy (non-hydrogen) atoms. The van der Waals surface area contributed by atoms with E-state index in [9.17, 15) is 0 Å². The number of furan rings is 1. The van der Waals surface area contributed by atoms with Crippen LogP contribution in [0.2, 0.25) is 0 Å². The first-order chi connectivity index (χ1) is 22.7. The topological polar surface area (TPSA) is 43.9 Å². The fraction of sp³-hybridized carbons (Fsp3) is 0.122. The first-order valence-corrected chi connectivity index (χ1v) is 16.8. The van der Waals surface area contributed by atoms with E-state index < -0.39 is 0 Å². The van der Waals surface area contributed by atoms with E-state index in [4.69, 9.17) is 14.4 Å². The molecule has 1 aliphatic carbocycles. The minimum atomic E-state index is 0.511. The van der Waals surface area contributed by atoms with E-state index in [1.807, 2.05) is 11.3 Å². The van der Waals surface area contributed by atoms with Gasteiger partial charge in [0, 0.05) is 47.6 Å². The van der Waals surface area contributed by atoms with Gasteiger partial charge in [-0.15, -0.1) is 11.3 Å². The van der Waals surface area contributed by atoms with Gasteiger partial charge < -0.3 is 8.98 Å². The van der Waals surface area contributed by atoms with Crippen molar-refractivity contribution in [2.24, 2.45) is 5.92 Å². The van der Waals surface area contributed by atoms with E-state index in [-0.39, 0.29) is 0 Å². The van der Waals surface area contributed by atoms with Crippen LogP contribution in [0.4, 0.5) is 0 Å². The molecule has 4 heterocycles. The van der Waals surface area contributed by atoms with Crippen LogP contribution in [-0.4, -0.2) is 14.5 Å². The number of para-hydroxylation sites is 1. The molecular formula is C41H29N3OS. The van der Waals surface area contributed by atoms with E-state index in [0.717, 1.165) is 51.9 Å². The van der Waals surface area contributed by atoms with Gasteiger partial charge >= 0.3 is 0 Å². The van der Waals surface area contributed by atoms with Crippen LogP contribution in [0.1, 0.15) is 31.2 Å². The maximum absolute atomic E-state index is 6.51. The minimum absolute atomic E-state index is 0.511. The first-order valence-electron chi connectivity index (χ1n) is 16.0. The summed E-state index contributed by atoms with van der Waals surface area (Å²) in [5.74, 6) is 1.13. The van der Waals surface area contributed by atoms with Crippen LogP contribution in [0, 0.1) is 5.92 Å². The fourth-order valence-electron chi connectivity index (χ4n) is 7.75. The third-order valence-electron chi connectivity index (χ3n) is 10.0. The number of allylic oxidation sites excluding steroid dienone is 2. The first kappa shape index (κ1) is 26.0. The van der Waals surface area contributed by atoms with Crippen LogP contribution in [0.3, 0.4) is 0 Å². The summed E-state index contributed by atoms with van der Waals surface area (Å²) < 4.78 is 11.6. The Morgan fingerprint density at radius 3 is 2.54 bits per heavy atom. The van der Waals surface area contributed by atoms with Crippen LogP contribution < -0.4 is 0 Å². The van der Waals surface area contributed by atoms with Crippen molar-refractivity contribution in [2.45, 2.75) is 25.7 Å². The molecule has 0 bridgehead atoms. The van der Waals surface area contributed by atoms with E-state index in [2.05, 4.69) is 127 Å². The number of thiophene rings is 1. The highest BCUT2D eigenvalue weighted by Gasteiger charge is 2.23. The molecule has 0 spiro atoms. The molecule has 5 heteroatoms. The SMILES string of the molecule is CC1CC=CCC1c1ccc2oc3c(-c4cccc(-n5c6ccccc6c6c7sc8ccccc8c7ccc65)c4)ncnc3c2c1. The van der Waals surface area contributed by atoms with Gasteiger partial charge in [0.25, 0.3) is 0 Å². The summed E-state index contributed by atoms with van der Waals surface area (Å²) >= 11 is 1.88. The van der Waals surface area contributed by atoms with Gasteiger partial charge in [0.2, 0.25) is 0 Å². The molecule has 2 atom stereocenters. The normalized spacial score (nSPS) is 17.0. The number of benzene rings is 5. The maximum atomic E-state index is 6.51. The predicted molar refractivity (Wildman–Crippen MR) is 192 cm³/mol. The molecule has 0 radical (unpaired) electrons. The van der Waals surface area contributed by atoms with Crippen LogP contribution in [-0.2, 0) is 0 Å². The number of nitrogens with zero attached hydrogens (tertiary/aromatic N) is 3. The molecule has 0 saturated heterocycles. The molecule has 0 saturated carbocycles.